The summed E-state index contributed by atoms with van der Waals surface area (Å²) in [6.45, 7) is 0.00353. The largest absolute Gasteiger partial charge is 0.480 e. The third-order valence-corrected chi connectivity index (χ3v) is 3.14. The molecule has 1 aliphatic rings. The number of carboxylic acid groups (broad SMARTS) is 1. The average molecular weight is 279 g/mol. The molecule has 5 nitrogen and oxygen atoms in total. The van der Waals surface area contributed by atoms with Crippen molar-refractivity contribution in [2.45, 2.75) is 18.6 Å². The average Bonchev–Trinajstić information content (AvgIpc) is 2.80. The number of aliphatic carboxylic acids is 1. The van der Waals surface area contributed by atoms with Gasteiger partial charge in [0.1, 0.15) is 11.9 Å². The van der Waals surface area contributed by atoms with Crippen molar-refractivity contribution < 1.29 is 24.2 Å². The van der Waals surface area contributed by atoms with Gasteiger partial charge in [0.2, 0.25) is 5.91 Å². The Morgan fingerprint density at radius 3 is 2.55 bits per heavy atom. The summed E-state index contributed by atoms with van der Waals surface area (Å²) in [6, 6.07) is 4.54. The van der Waals surface area contributed by atoms with Gasteiger partial charge in [-0.25, -0.2) is 9.18 Å². The van der Waals surface area contributed by atoms with Crippen LogP contribution in [-0.2, 0) is 9.59 Å². The number of hydrogen-bond acceptors (Lipinski definition) is 3. The number of carbonyl (C=O) groups is 2. The van der Waals surface area contributed by atoms with Gasteiger partial charge in [-0.05, 0) is 23.8 Å². The van der Waals surface area contributed by atoms with Gasteiger partial charge < -0.3 is 15.1 Å². The van der Waals surface area contributed by atoms with Crippen molar-refractivity contribution in [3.8, 4) is 0 Å². The van der Waals surface area contributed by atoms with Crippen molar-refractivity contribution in [3.63, 3.8) is 0 Å². The van der Waals surface area contributed by atoms with Crippen molar-refractivity contribution >= 4 is 18.0 Å². The van der Waals surface area contributed by atoms with Gasteiger partial charge in [0, 0.05) is 19.0 Å². The Labute approximate surface area is 114 Å². The summed E-state index contributed by atoms with van der Waals surface area (Å²) in [5.74, 6) is -1.99. The van der Waals surface area contributed by atoms with Crippen molar-refractivity contribution in [2.24, 2.45) is 0 Å². The second-order valence-corrected chi connectivity index (χ2v) is 4.62. The number of β-amino-alcohol motifs (C(OH)–C–C–N with tert-alkyl or cyclic N) is 1. The summed E-state index contributed by atoms with van der Waals surface area (Å²) in [4.78, 5) is 24.1. The summed E-state index contributed by atoms with van der Waals surface area (Å²) in [5, 5.41) is 18.5. The van der Waals surface area contributed by atoms with Gasteiger partial charge in [-0.3, -0.25) is 4.79 Å². The number of nitrogens with zero attached hydrogens (tertiary/aromatic N) is 1. The van der Waals surface area contributed by atoms with Crippen LogP contribution in [0.1, 0.15) is 12.0 Å². The molecular formula is C14H14FNO4. The molecule has 20 heavy (non-hydrogen) atoms. The highest BCUT2D eigenvalue weighted by Crippen LogP contribution is 2.19. The third-order valence-electron chi connectivity index (χ3n) is 3.14. The summed E-state index contributed by atoms with van der Waals surface area (Å²) in [5.41, 5.74) is 0.631. The van der Waals surface area contributed by atoms with Gasteiger partial charge >= 0.3 is 5.97 Å². The Morgan fingerprint density at radius 2 is 1.95 bits per heavy atom. The Morgan fingerprint density at radius 1 is 1.30 bits per heavy atom. The first-order valence-electron chi connectivity index (χ1n) is 6.12. The molecule has 1 amide bonds. The molecule has 6 heteroatoms. The van der Waals surface area contributed by atoms with Crippen LogP contribution in [0.2, 0.25) is 0 Å². The molecule has 1 saturated heterocycles. The molecule has 0 spiro atoms. The predicted molar refractivity (Wildman–Crippen MR) is 69.2 cm³/mol. The summed E-state index contributed by atoms with van der Waals surface area (Å²) < 4.78 is 12.7. The monoisotopic (exact) mass is 279 g/mol. The van der Waals surface area contributed by atoms with E-state index < -0.39 is 24.0 Å². The first-order chi connectivity index (χ1) is 9.47. The van der Waals surface area contributed by atoms with Gasteiger partial charge in [0.05, 0.1) is 6.10 Å². The van der Waals surface area contributed by atoms with E-state index in [1.54, 1.807) is 0 Å². The van der Waals surface area contributed by atoms with Gasteiger partial charge in [-0.1, -0.05) is 12.1 Å². The van der Waals surface area contributed by atoms with Gasteiger partial charge in [-0.2, -0.15) is 0 Å². The maximum atomic E-state index is 12.7. The molecule has 0 bridgehead atoms. The Hall–Kier alpha value is -2.21. The van der Waals surface area contributed by atoms with Crippen molar-refractivity contribution in [1.82, 2.24) is 4.90 Å². The smallest absolute Gasteiger partial charge is 0.326 e. The minimum absolute atomic E-state index is 0.00353. The number of halogens is 1. The molecule has 0 aromatic heterocycles. The van der Waals surface area contributed by atoms with Crippen LogP contribution in [-0.4, -0.2) is 45.7 Å². The second kappa shape index (κ2) is 5.83. The fourth-order valence-corrected chi connectivity index (χ4v) is 2.13. The molecule has 2 N–H and O–H groups in total. The molecule has 0 radical (unpaired) electrons. The number of carbonyl (C=O) groups excluding carboxylic acids is 1. The molecule has 1 aliphatic heterocycles. The fraction of sp³-hybridized carbons (Fsp3) is 0.286. The van der Waals surface area contributed by atoms with Crippen molar-refractivity contribution in [1.29, 1.82) is 0 Å². The summed E-state index contributed by atoms with van der Waals surface area (Å²) >= 11 is 0. The van der Waals surface area contributed by atoms with Crippen LogP contribution in [0, 0.1) is 5.82 Å². The lowest BCUT2D eigenvalue weighted by Gasteiger charge is -2.19. The zero-order valence-electron chi connectivity index (χ0n) is 10.6. The van der Waals surface area contributed by atoms with Gasteiger partial charge in [-0.15, -0.1) is 0 Å². The summed E-state index contributed by atoms with van der Waals surface area (Å²) in [7, 11) is 0. The van der Waals surface area contributed by atoms with E-state index in [1.807, 2.05) is 0 Å². The second-order valence-electron chi connectivity index (χ2n) is 4.62. The first kappa shape index (κ1) is 14.2. The maximum Gasteiger partial charge on any atom is 0.326 e. The van der Waals surface area contributed by atoms with E-state index >= 15 is 0 Å². The number of aliphatic hydroxyl groups excluding tert-OH is 1. The van der Waals surface area contributed by atoms with Crippen LogP contribution in [0.3, 0.4) is 0 Å². The van der Waals surface area contributed by atoms with Crippen molar-refractivity contribution in [2.75, 3.05) is 6.54 Å². The molecule has 1 heterocycles. The third kappa shape index (κ3) is 3.21. The number of benzene rings is 1. The predicted octanol–water partition coefficient (Wildman–Crippen LogP) is 0.885. The lowest BCUT2D eigenvalue weighted by atomic mass is 10.2. The van der Waals surface area contributed by atoms with E-state index in [9.17, 15) is 19.1 Å². The normalized spacial score (nSPS) is 22.4. The highest BCUT2D eigenvalue weighted by atomic mass is 19.1. The lowest BCUT2D eigenvalue weighted by Crippen LogP contribution is -2.39. The van der Waals surface area contributed by atoms with Crippen LogP contribution >= 0.6 is 0 Å². The Bertz CT molecular complexity index is 541. The number of likely N-dealkylation sites (tertiary alicyclic amines) is 1. The number of carboxylic acids is 1. The van der Waals surface area contributed by atoms with E-state index in [0.717, 1.165) is 4.90 Å². The van der Waals surface area contributed by atoms with Crippen LogP contribution in [0.15, 0.2) is 30.3 Å². The first-order valence-corrected chi connectivity index (χ1v) is 6.12. The highest BCUT2D eigenvalue weighted by molar-refractivity contribution is 5.94. The number of rotatable bonds is 3. The summed E-state index contributed by atoms with van der Waals surface area (Å²) in [6.07, 6.45) is 1.91. The van der Waals surface area contributed by atoms with Crippen LogP contribution < -0.4 is 0 Å². The number of hydrogen-bond donors (Lipinski definition) is 2. The van der Waals surface area contributed by atoms with Crippen LogP contribution in [0.5, 0.6) is 0 Å². The molecule has 1 aromatic rings. The van der Waals surface area contributed by atoms with E-state index in [4.69, 9.17) is 5.11 Å². The van der Waals surface area contributed by atoms with E-state index in [-0.39, 0.29) is 18.8 Å². The molecule has 1 fully saturated rings. The highest BCUT2D eigenvalue weighted by Gasteiger charge is 2.37. The molecule has 2 rings (SSSR count). The Kier molecular flexibility index (Phi) is 4.14. The topological polar surface area (TPSA) is 77.8 Å². The standard InChI is InChI=1S/C14H14FNO4/c15-10-4-1-9(2-5-10)3-6-13(18)16-8-11(17)7-12(16)14(19)20/h1-6,11-12,17H,7-8H2,(H,19,20)/b6-3+/t11-,12-/m1/s1. The quantitative estimate of drug-likeness (QED) is 0.805. The van der Waals surface area contributed by atoms with E-state index in [1.165, 1.54) is 36.4 Å². The molecule has 0 aliphatic carbocycles. The van der Waals surface area contributed by atoms with Crippen molar-refractivity contribution in [3.05, 3.63) is 41.7 Å². The minimum atomic E-state index is -1.13. The van der Waals surface area contributed by atoms with E-state index in [0.29, 0.717) is 5.56 Å². The maximum absolute atomic E-state index is 12.7. The van der Waals surface area contributed by atoms with Gasteiger partial charge in [0.15, 0.2) is 0 Å². The zero-order valence-corrected chi connectivity index (χ0v) is 10.6. The number of amides is 1. The van der Waals surface area contributed by atoms with Gasteiger partial charge in [0.25, 0.3) is 0 Å². The Balaban J connectivity index is 2.07. The minimum Gasteiger partial charge on any atom is -0.480 e. The van der Waals surface area contributed by atoms with E-state index in [2.05, 4.69) is 0 Å². The SMILES string of the molecule is O=C(O)[C@H]1C[C@@H](O)CN1C(=O)/C=C/c1ccc(F)cc1. The molecule has 0 saturated carbocycles. The molecule has 1 aromatic carbocycles. The van der Waals surface area contributed by atoms with Crippen LogP contribution in [0.4, 0.5) is 4.39 Å². The zero-order chi connectivity index (χ0) is 14.7. The molecule has 2 atom stereocenters. The number of aliphatic hydroxyl groups is 1. The lowest BCUT2D eigenvalue weighted by molar-refractivity contribution is -0.146. The molecular weight excluding hydrogens is 265 g/mol. The van der Waals surface area contributed by atoms with Crippen LogP contribution in [0.25, 0.3) is 6.08 Å². The molecule has 0 unspecified atom stereocenters. The molecule has 106 valence electrons. The fourth-order valence-electron chi connectivity index (χ4n) is 2.13.